The highest BCUT2D eigenvalue weighted by atomic mass is 16.6. The number of hydrogen-bond donors (Lipinski definition) is 1. The normalized spacial score (nSPS) is 17.5. The zero-order chi connectivity index (χ0) is 17.7. The Morgan fingerprint density at radius 2 is 1.70 bits per heavy atom. The molecule has 0 aliphatic carbocycles. The van der Waals surface area contributed by atoms with E-state index in [-0.39, 0.29) is 25.4 Å². The van der Waals surface area contributed by atoms with E-state index in [4.69, 9.17) is 14.6 Å². The fourth-order valence-corrected chi connectivity index (χ4v) is 2.75. The molecular formula is C16H27NO6. The molecule has 1 rings (SSSR count). The quantitative estimate of drug-likeness (QED) is 0.779. The first-order valence-electron chi connectivity index (χ1n) is 7.92. The van der Waals surface area contributed by atoms with Crippen LogP contribution in [-0.2, 0) is 19.1 Å². The van der Waals surface area contributed by atoms with Crippen LogP contribution < -0.4 is 0 Å². The summed E-state index contributed by atoms with van der Waals surface area (Å²) in [6.07, 6.45) is 0.440. The Balaban J connectivity index is 2.70. The van der Waals surface area contributed by atoms with E-state index in [1.807, 2.05) is 0 Å². The molecule has 7 nitrogen and oxygen atoms in total. The van der Waals surface area contributed by atoms with Crippen LogP contribution in [0.1, 0.15) is 53.4 Å². The molecule has 0 unspecified atom stereocenters. The second-order valence-electron chi connectivity index (χ2n) is 7.02. The lowest BCUT2D eigenvalue weighted by atomic mass is 9.73. The van der Waals surface area contributed by atoms with Crippen molar-refractivity contribution < 1.29 is 29.0 Å². The van der Waals surface area contributed by atoms with Crippen LogP contribution in [0.2, 0.25) is 0 Å². The highest BCUT2D eigenvalue weighted by Gasteiger charge is 2.40. The molecule has 0 radical (unpaired) electrons. The third-order valence-electron chi connectivity index (χ3n) is 3.83. The fourth-order valence-electron chi connectivity index (χ4n) is 2.75. The van der Waals surface area contributed by atoms with Crippen LogP contribution in [0.15, 0.2) is 0 Å². The minimum absolute atomic E-state index is 0.0648. The van der Waals surface area contributed by atoms with Crippen molar-refractivity contribution in [2.75, 3.05) is 19.7 Å². The second kappa shape index (κ2) is 7.66. The summed E-state index contributed by atoms with van der Waals surface area (Å²) in [6, 6.07) is 0. The van der Waals surface area contributed by atoms with Gasteiger partial charge in [0.2, 0.25) is 0 Å². The number of piperidine rings is 1. The largest absolute Gasteiger partial charge is 0.481 e. The number of carboxylic acids is 1. The number of rotatable bonds is 5. The van der Waals surface area contributed by atoms with Crippen molar-refractivity contribution in [1.29, 1.82) is 0 Å². The molecule has 132 valence electrons. The highest BCUT2D eigenvalue weighted by Crippen LogP contribution is 2.39. The average Bonchev–Trinajstić information content (AvgIpc) is 2.36. The van der Waals surface area contributed by atoms with Gasteiger partial charge in [-0.25, -0.2) is 4.79 Å². The van der Waals surface area contributed by atoms with Crippen molar-refractivity contribution in [3.63, 3.8) is 0 Å². The molecule has 23 heavy (non-hydrogen) atoms. The molecule has 0 aromatic carbocycles. The predicted octanol–water partition coefficient (Wildman–Crippen LogP) is 2.43. The number of hydrogen-bond acceptors (Lipinski definition) is 5. The fraction of sp³-hybridized carbons (Fsp3) is 0.812. The third kappa shape index (κ3) is 6.46. The molecule has 1 N–H and O–H groups in total. The van der Waals surface area contributed by atoms with E-state index in [1.165, 1.54) is 0 Å². The van der Waals surface area contributed by atoms with E-state index in [9.17, 15) is 14.4 Å². The Morgan fingerprint density at radius 1 is 1.13 bits per heavy atom. The summed E-state index contributed by atoms with van der Waals surface area (Å²) in [7, 11) is 0. The lowest BCUT2D eigenvalue weighted by Crippen LogP contribution is -2.46. The van der Waals surface area contributed by atoms with E-state index in [0.717, 1.165) is 0 Å². The van der Waals surface area contributed by atoms with Crippen LogP contribution in [-0.4, -0.2) is 53.3 Å². The summed E-state index contributed by atoms with van der Waals surface area (Å²) in [6.45, 7) is 8.13. The number of amides is 1. The zero-order valence-electron chi connectivity index (χ0n) is 14.4. The molecule has 0 saturated carbocycles. The van der Waals surface area contributed by atoms with Crippen LogP contribution >= 0.6 is 0 Å². The van der Waals surface area contributed by atoms with E-state index in [2.05, 4.69) is 0 Å². The lowest BCUT2D eigenvalue weighted by molar-refractivity contribution is -0.149. The van der Waals surface area contributed by atoms with Crippen LogP contribution in [0.5, 0.6) is 0 Å². The number of likely N-dealkylation sites (tertiary alicyclic amines) is 1. The second-order valence-corrected chi connectivity index (χ2v) is 7.02. The molecule has 1 aliphatic heterocycles. The summed E-state index contributed by atoms with van der Waals surface area (Å²) >= 11 is 0. The van der Waals surface area contributed by atoms with Crippen molar-refractivity contribution in [3.05, 3.63) is 0 Å². The molecule has 0 atom stereocenters. The molecule has 0 aromatic heterocycles. The van der Waals surface area contributed by atoms with E-state index in [0.29, 0.717) is 25.9 Å². The summed E-state index contributed by atoms with van der Waals surface area (Å²) < 4.78 is 10.3. The van der Waals surface area contributed by atoms with Crippen molar-refractivity contribution in [2.45, 2.75) is 59.0 Å². The number of carboxylic acid groups (broad SMARTS) is 1. The van der Waals surface area contributed by atoms with Gasteiger partial charge in [-0.2, -0.15) is 0 Å². The van der Waals surface area contributed by atoms with Crippen LogP contribution in [0.4, 0.5) is 4.79 Å². The number of ether oxygens (including phenoxy) is 2. The zero-order valence-corrected chi connectivity index (χ0v) is 14.4. The van der Waals surface area contributed by atoms with Gasteiger partial charge >= 0.3 is 18.0 Å². The van der Waals surface area contributed by atoms with Gasteiger partial charge in [0, 0.05) is 13.1 Å². The first-order chi connectivity index (χ1) is 10.6. The highest BCUT2D eigenvalue weighted by molar-refractivity contribution is 5.73. The van der Waals surface area contributed by atoms with Crippen molar-refractivity contribution in [1.82, 2.24) is 4.90 Å². The number of esters is 1. The molecule has 0 bridgehead atoms. The van der Waals surface area contributed by atoms with Gasteiger partial charge in [-0.3, -0.25) is 9.59 Å². The summed E-state index contributed by atoms with van der Waals surface area (Å²) in [5.41, 5.74) is -1.23. The maximum atomic E-state index is 12.1. The van der Waals surface area contributed by atoms with Crippen molar-refractivity contribution >= 4 is 18.0 Å². The van der Waals surface area contributed by atoms with E-state index in [1.54, 1.807) is 32.6 Å². The molecule has 1 aliphatic rings. The number of carbonyl (C=O) groups is 3. The van der Waals surface area contributed by atoms with Gasteiger partial charge in [0.05, 0.1) is 19.4 Å². The topological polar surface area (TPSA) is 93.1 Å². The average molecular weight is 329 g/mol. The SMILES string of the molecule is CCOC(=O)CC1(CC(=O)O)CCN(C(=O)OC(C)(C)C)CC1. The Morgan fingerprint density at radius 3 is 2.13 bits per heavy atom. The smallest absolute Gasteiger partial charge is 0.410 e. The van der Waals surface area contributed by atoms with Gasteiger partial charge in [0.15, 0.2) is 0 Å². The Labute approximate surface area is 136 Å². The molecule has 1 fully saturated rings. The van der Waals surface area contributed by atoms with Crippen molar-refractivity contribution in [3.8, 4) is 0 Å². The monoisotopic (exact) mass is 329 g/mol. The summed E-state index contributed by atoms with van der Waals surface area (Å²) in [5, 5.41) is 9.14. The number of aliphatic carboxylic acids is 1. The minimum atomic E-state index is -0.944. The molecule has 1 saturated heterocycles. The molecular weight excluding hydrogens is 302 g/mol. The molecule has 7 heteroatoms. The number of carbonyl (C=O) groups excluding carboxylic acids is 2. The van der Waals surface area contributed by atoms with Gasteiger partial charge in [-0.05, 0) is 46.0 Å². The van der Waals surface area contributed by atoms with Gasteiger partial charge < -0.3 is 19.5 Å². The number of nitrogens with zero attached hydrogens (tertiary/aromatic N) is 1. The van der Waals surface area contributed by atoms with Crippen LogP contribution in [0.3, 0.4) is 0 Å². The van der Waals surface area contributed by atoms with Crippen LogP contribution in [0, 0.1) is 5.41 Å². The Bertz CT molecular complexity index is 446. The third-order valence-corrected chi connectivity index (χ3v) is 3.83. The van der Waals surface area contributed by atoms with Crippen molar-refractivity contribution in [2.24, 2.45) is 5.41 Å². The van der Waals surface area contributed by atoms with Gasteiger partial charge in [0.25, 0.3) is 0 Å². The van der Waals surface area contributed by atoms with Gasteiger partial charge in [0.1, 0.15) is 5.60 Å². The first-order valence-corrected chi connectivity index (χ1v) is 7.92. The maximum Gasteiger partial charge on any atom is 0.410 e. The molecule has 0 aromatic rings. The Kier molecular flexibility index (Phi) is 6.41. The van der Waals surface area contributed by atoms with Gasteiger partial charge in [-0.15, -0.1) is 0 Å². The predicted molar refractivity (Wildman–Crippen MR) is 83.0 cm³/mol. The van der Waals surface area contributed by atoms with Gasteiger partial charge in [-0.1, -0.05) is 0 Å². The lowest BCUT2D eigenvalue weighted by Gasteiger charge is -2.40. The van der Waals surface area contributed by atoms with E-state index < -0.39 is 23.1 Å². The first kappa shape index (κ1) is 19.3. The summed E-state index contributed by atoms with van der Waals surface area (Å²) in [4.78, 5) is 36.6. The molecule has 1 heterocycles. The summed E-state index contributed by atoms with van der Waals surface area (Å²) in [5.74, 6) is -1.33. The maximum absolute atomic E-state index is 12.1. The van der Waals surface area contributed by atoms with E-state index >= 15 is 0 Å². The molecule has 0 spiro atoms. The van der Waals surface area contributed by atoms with Crippen LogP contribution in [0.25, 0.3) is 0 Å². The minimum Gasteiger partial charge on any atom is -0.481 e. The standard InChI is InChI=1S/C16H27NO6/c1-5-22-13(20)11-16(10-12(18)19)6-8-17(9-7-16)14(21)23-15(2,3)4/h5-11H2,1-4H3,(H,18,19). The molecule has 1 amide bonds. The Hall–Kier alpha value is -1.79.